The van der Waals surface area contributed by atoms with Crippen LogP contribution in [0.15, 0.2) is 77.7 Å². The Balaban J connectivity index is 1.63. The molecule has 10 nitrogen and oxygen atoms in total. The van der Waals surface area contributed by atoms with Crippen molar-refractivity contribution in [1.82, 2.24) is 20.2 Å². The Hall–Kier alpha value is -5.16. The Kier molecular flexibility index (Phi) is 9.48. The molecule has 0 saturated carbocycles. The molecule has 4 aromatic rings. The van der Waals surface area contributed by atoms with E-state index in [9.17, 15) is 23.6 Å². The zero-order valence-corrected chi connectivity index (χ0v) is 25.4. The van der Waals surface area contributed by atoms with E-state index in [-0.39, 0.29) is 29.7 Å². The van der Waals surface area contributed by atoms with Gasteiger partial charge in [0.05, 0.1) is 18.8 Å². The minimum atomic E-state index is -0.557. The first-order valence-corrected chi connectivity index (χ1v) is 14.8. The number of halogens is 1. The van der Waals surface area contributed by atoms with E-state index in [4.69, 9.17) is 0 Å². The van der Waals surface area contributed by atoms with Crippen LogP contribution >= 0.6 is 0 Å². The molecule has 1 aliphatic heterocycles. The molecule has 0 aliphatic carbocycles. The predicted octanol–water partition coefficient (Wildman–Crippen LogP) is 3.83. The Morgan fingerprint density at radius 1 is 0.933 bits per heavy atom. The summed E-state index contributed by atoms with van der Waals surface area (Å²) in [5.41, 5.74) is 2.64. The number of benzene rings is 3. The van der Waals surface area contributed by atoms with Crippen LogP contribution in [0, 0.1) is 5.82 Å². The Morgan fingerprint density at radius 3 is 2.36 bits per heavy atom. The van der Waals surface area contributed by atoms with Crippen molar-refractivity contribution < 1.29 is 18.8 Å². The van der Waals surface area contributed by atoms with Crippen molar-refractivity contribution in [3.05, 3.63) is 111 Å². The number of aromatic nitrogens is 2. The maximum Gasteiger partial charge on any atom is 0.277 e. The normalized spacial score (nSPS) is 13.4. The number of ketones is 1. The minimum Gasteiger partial charge on any atom is -0.372 e. The van der Waals surface area contributed by atoms with Gasteiger partial charge in [-0.25, -0.2) is 9.37 Å². The third-order valence-corrected chi connectivity index (χ3v) is 7.90. The second-order valence-corrected chi connectivity index (χ2v) is 11.0. The molecule has 1 fully saturated rings. The van der Waals surface area contributed by atoms with Gasteiger partial charge in [-0.1, -0.05) is 12.1 Å². The quantitative estimate of drug-likeness (QED) is 0.233. The molecule has 1 aromatic heterocycles. The van der Waals surface area contributed by atoms with Gasteiger partial charge in [0.15, 0.2) is 5.78 Å². The number of hydrogen-bond donors (Lipinski definition) is 3. The SMILES string of the molecule is CNC(=O)c1cccc(-c2ncc(NC(=O)[C@H](C)NC)c(=O)n2Cc2cc(C(=O)c3ccc(F)cc3)cc(N3CCCC3)c2)c1. The fourth-order valence-corrected chi connectivity index (χ4v) is 5.28. The number of amides is 2. The molecule has 2 heterocycles. The molecule has 11 heteroatoms. The zero-order valence-electron chi connectivity index (χ0n) is 25.4. The van der Waals surface area contributed by atoms with Crippen LogP contribution in [0.4, 0.5) is 15.8 Å². The first-order chi connectivity index (χ1) is 21.7. The van der Waals surface area contributed by atoms with Crippen LogP contribution < -0.4 is 26.4 Å². The van der Waals surface area contributed by atoms with E-state index >= 15 is 0 Å². The molecule has 0 bridgehead atoms. The summed E-state index contributed by atoms with van der Waals surface area (Å²) in [6, 6.07) is 17.1. The van der Waals surface area contributed by atoms with Gasteiger partial charge >= 0.3 is 0 Å². The summed E-state index contributed by atoms with van der Waals surface area (Å²) in [6.45, 7) is 3.35. The molecule has 1 aliphatic rings. The molecule has 0 spiro atoms. The molecule has 2 amide bonds. The van der Waals surface area contributed by atoms with Crippen LogP contribution in [0.25, 0.3) is 11.4 Å². The molecule has 1 atom stereocenters. The summed E-state index contributed by atoms with van der Waals surface area (Å²) >= 11 is 0. The summed E-state index contributed by atoms with van der Waals surface area (Å²) in [6.07, 6.45) is 3.35. The lowest BCUT2D eigenvalue weighted by Crippen LogP contribution is -2.38. The Bertz CT molecular complexity index is 1800. The highest BCUT2D eigenvalue weighted by Crippen LogP contribution is 2.27. The highest BCUT2D eigenvalue weighted by molar-refractivity contribution is 6.09. The van der Waals surface area contributed by atoms with E-state index in [0.717, 1.165) is 31.6 Å². The third-order valence-electron chi connectivity index (χ3n) is 7.90. The second kappa shape index (κ2) is 13.6. The maximum absolute atomic E-state index is 14.0. The van der Waals surface area contributed by atoms with Crippen LogP contribution in [-0.4, -0.2) is 60.4 Å². The lowest BCUT2D eigenvalue weighted by molar-refractivity contribution is -0.117. The van der Waals surface area contributed by atoms with E-state index in [2.05, 4.69) is 25.8 Å². The van der Waals surface area contributed by atoms with Gasteiger partial charge in [-0.15, -0.1) is 0 Å². The standard InChI is InChI=1S/C34H35FN6O4/c1-21(36-2)32(43)39-29-19-38-31(24-7-6-8-25(17-24)33(44)37-3)41(34(29)45)20-22-15-26(18-28(16-22)40-13-4-5-14-40)30(42)23-9-11-27(35)12-10-23/h6-12,15-19,21,36H,4-5,13-14,20H2,1-3H3,(H,37,44)(H,39,43)/t21-/m0/s1. The molecule has 232 valence electrons. The van der Waals surface area contributed by atoms with Gasteiger partial charge in [-0.05, 0) is 87.0 Å². The molecule has 5 rings (SSSR count). The van der Waals surface area contributed by atoms with Crippen molar-refractivity contribution in [3.63, 3.8) is 0 Å². The van der Waals surface area contributed by atoms with Crippen molar-refractivity contribution in [2.75, 3.05) is 37.4 Å². The van der Waals surface area contributed by atoms with Gasteiger partial charge in [0, 0.05) is 48.1 Å². The Morgan fingerprint density at radius 2 is 1.67 bits per heavy atom. The first kappa shape index (κ1) is 31.3. The van der Waals surface area contributed by atoms with Crippen molar-refractivity contribution in [2.45, 2.75) is 32.4 Å². The van der Waals surface area contributed by atoms with Crippen LogP contribution in [0.2, 0.25) is 0 Å². The molecule has 1 saturated heterocycles. The fraction of sp³-hybridized carbons (Fsp3) is 0.265. The number of hydrogen-bond acceptors (Lipinski definition) is 7. The lowest BCUT2D eigenvalue weighted by atomic mass is 9.99. The number of anilines is 2. The van der Waals surface area contributed by atoms with E-state index in [1.807, 2.05) is 12.1 Å². The van der Waals surface area contributed by atoms with Gasteiger partial charge in [0.2, 0.25) is 5.91 Å². The summed E-state index contributed by atoms with van der Waals surface area (Å²) in [5.74, 6) is -1.13. The number of carbonyl (C=O) groups excluding carboxylic acids is 3. The summed E-state index contributed by atoms with van der Waals surface area (Å²) in [5, 5.41) is 8.11. The van der Waals surface area contributed by atoms with Crippen molar-refractivity contribution in [1.29, 1.82) is 0 Å². The average molecular weight is 611 g/mol. The molecule has 0 radical (unpaired) electrons. The average Bonchev–Trinajstić information content (AvgIpc) is 3.61. The summed E-state index contributed by atoms with van der Waals surface area (Å²) in [7, 11) is 3.17. The molecule has 45 heavy (non-hydrogen) atoms. The van der Waals surface area contributed by atoms with Crippen LogP contribution in [0.3, 0.4) is 0 Å². The third kappa shape index (κ3) is 6.99. The zero-order chi connectivity index (χ0) is 32.1. The molecule has 3 aromatic carbocycles. The molecule has 3 N–H and O–H groups in total. The van der Waals surface area contributed by atoms with Gasteiger partial charge in [-0.2, -0.15) is 0 Å². The largest absolute Gasteiger partial charge is 0.372 e. The van der Waals surface area contributed by atoms with Gasteiger partial charge in [0.1, 0.15) is 17.3 Å². The first-order valence-electron chi connectivity index (χ1n) is 14.8. The monoisotopic (exact) mass is 610 g/mol. The minimum absolute atomic E-state index is 0.00776. The Labute approximate surface area is 260 Å². The molecule has 0 unspecified atom stereocenters. The highest BCUT2D eigenvalue weighted by Gasteiger charge is 2.21. The van der Waals surface area contributed by atoms with Crippen LogP contribution in [0.1, 0.15) is 51.6 Å². The fourth-order valence-electron chi connectivity index (χ4n) is 5.28. The molecular weight excluding hydrogens is 575 g/mol. The van der Waals surface area contributed by atoms with Gasteiger partial charge in [0.25, 0.3) is 11.5 Å². The van der Waals surface area contributed by atoms with Gasteiger partial charge < -0.3 is 20.9 Å². The number of nitrogens with zero attached hydrogens (tertiary/aromatic N) is 3. The lowest BCUT2D eigenvalue weighted by Gasteiger charge is -2.21. The highest BCUT2D eigenvalue weighted by atomic mass is 19.1. The molecular formula is C34H35FN6O4. The second-order valence-electron chi connectivity index (χ2n) is 11.0. The number of rotatable bonds is 10. The predicted molar refractivity (Wildman–Crippen MR) is 171 cm³/mol. The van der Waals surface area contributed by atoms with Crippen molar-refractivity contribution in [3.8, 4) is 11.4 Å². The number of likely N-dealkylation sites (N-methyl/N-ethyl adjacent to an activating group) is 1. The van der Waals surface area contributed by atoms with Gasteiger partial charge in [-0.3, -0.25) is 23.7 Å². The van der Waals surface area contributed by atoms with E-state index in [0.29, 0.717) is 27.8 Å². The smallest absolute Gasteiger partial charge is 0.277 e. The summed E-state index contributed by atoms with van der Waals surface area (Å²) < 4.78 is 15.0. The van der Waals surface area contributed by atoms with Crippen LogP contribution in [0.5, 0.6) is 0 Å². The maximum atomic E-state index is 14.0. The van der Waals surface area contributed by atoms with E-state index in [1.165, 1.54) is 42.1 Å². The number of carbonyl (C=O) groups is 3. The van der Waals surface area contributed by atoms with E-state index in [1.54, 1.807) is 44.3 Å². The summed E-state index contributed by atoms with van der Waals surface area (Å²) in [4.78, 5) is 59.4. The number of nitrogens with one attached hydrogen (secondary N) is 3. The topological polar surface area (TPSA) is 125 Å². The van der Waals surface area contributed by atoms with Crippen molar-refractivity contribution >= 4 is 29.0 Å². The van der Waals surface area contributed by atoms with Crippen molar-refractivity contribution in [2.24, 2.45) is 0 Å². The van der Waals surface area contributed by atoms with E-state index < -0.39 is 23.3 Å². The van der Waals surface area contributed by atoms with Crippen LogP contribution in [-0.2, 0) is 11.3 Å².